The Balaban J connectivity index is 2.26. The minimum Gasteiger partial charge on any atom is -0.512 e. The van der Waals surface area contributed by atoms with Crippen LogP contribution in [0.25, 0.3) is 0 Å². The number of aliphatic imine (C=N–C) groups is 1. The fraction of sp³-hybridized carbons (Fsp3) is 0.300. The molecule has 5 heteroatoms. The van der Waals surface area contributed by atoms with Crippen LogP contribution >= 0.6 is 23.2 Å². The number of rotatable bonds is 1. The van der Waals surface area contributed by atoms with E-state index in [-0.39, 0.29) is 6.17 Å². The molecule has 0 aromatic carbocycles. The van der Waals surface area contributed by atoms with Gasteiger partial charge in [0.25, 0.3) is 0 Å². The predicted molar refractivity (Wildman–Crippen MR) is 62.2 cm³/mol. The fourth-order valence-corrected chi connectivity index (χ4v) is 2.01. The van der Waals surface area contributed by atoms with Crippen molar-refractivity contribution in [3.05, 3.63) is 34.7 Å². The Hall–Kier alpha value is -0.930. The van der Waals surface area contributed by atoms with Crippen LogP contribution in [0, 0.1) is 0 Å². The van der Waals surface area contributed by atoms with Gasteiger partial charge in [-0.15, -0.1) is 0 Å². The number of allylic oxidation sites excluding steroid dienone is 3. The molecule has 80 valence electrons. The first-order valence-corrected chi connectivity index (χ1v) is 5.38. The highest BCUT2D eigenvalue weighted by molar-refractivity contribution is 6.69. The second-order valence-corrected chi connectivity index (χ2v) is 4.13. The van der Waals surface area contributed by atoms with Crippen LogP contribution in [-0.4, -0.2) is 16.4 Å². The van der Waals surface area contributed by atoms with Crippen LogP contribution in [0.2, 0.25) is 0 Å². The van der Waals surface area contributed by atoms with Crippen molar-refractivity contribution in [1.82, 2.24) is 5.32 Å². The standard InChI is InChI=1S/C10H10Cl2N2O/c11-8-5-9(12)14-10(13-8)6-3-1-2-4-7(6)15/h1,3,5,10,13,15H,2,4H2. The Bertz CT molecular complexity index is 396. The topological polar surface area (TPSA) is 44.6 Å². The van der Waals surface area contributed by atoms with Crippen LogP contribution in [-0.2, 0) is 0 Å². The molecule has 1 atom stereocenters. The number of hydrogen-bond acceptors (Lipinski definition) is 3. The van der Waals surface area contributed by atoms with Crippen molar-refractivity contribution in [3.63, 3.8) is 0 Å². The molecular weight excluding hydrogens is 235 g/mol. The highest BCUT2D eigenvalue weighted by Gasteiger charge is 2.20. The average Bonchev–Trinajstić information content (AvgIpc) is 2.16. The number of aliphatic hydroxyl groups excluding tert-OH is 1. The lowest BCUT2D eigenvalue weighted by Crippen LogP contribution is -2.31. The van der Waals surface area contributed by atoms with Gasteiger partial charge in [0.05, 0.1) is 5.76 Å². The van der Waals surface area contributed by atoms with Gasteiger partial charge in [-0.25, -0.2) is 4.99 Å². The first-order chi connectivity index (χ1) is 7.16. The highest BCUT2D eigenvalue weighted by Crippen LogP contribution is 2.23. The Morgan fingerprint density at radius 3 is 2.93 bits per heavy atom. The van der Waals surface area contributed by atoms with E-state index in [0.717, 1.165) is 12.0 Å². The van der Waals surface area contributed by atoms with E-state index in [9.17, 15) is 5.11 Å². The smallest absolute Gasteiger partial charge is 0.150 e. The third-order valence-corrected chi connectivity index (χ3v) is 2.67. The third-order valence-electron chi connectivity index (χ3n) is 2.25. The molecule has 0 aromatic rings. The molecule has 1 unspecified atom stereocenters. The number of halogens is 2. The summed E-state index contributed by atoms with van der Waals surface area (Å²) in [5.41, 5.74) is 0.727. The van der Waals surface area contributed by atoms with Crippen molar-refractivity contribution in [2.75, 3.05) is 0 Å². The maximum Gasteiger partial charge on any atom is 0.150 e. The molecule has 0 saturated heterocycles. The largest absolute Gasteiger partial charge is 0.512 e. The summed E-state index contributed by atoms with van der Waals surface area (Å²) in [6.07, 6.45) is 6.48. The van der Waals surface area contributed by atoms with E-state index in [1.165, 1.54) is 6.08 Å². The van der Waals surface area contributed by atoms with Crippen molar-refractivity contribution < 1.29 is 5.11 Å². The normalized spacial score (nSPS) is 25.9. The summed E-state index contributed by atoms with van der Waals surface area (Å²) in [6, 6.07) is 0. The molecule has 3 nitrogen and oxygen atoms in total. The second-order valence-electron chi connectivity index (χ2n) is 3.33. The molecule has 0 fully saturated rings. The summed E-state index contributed by atoms with van der Waals surface area (Å²) >= 11 is 11.6. The van der Waals surface area contributed by atoms with Crippen molar-refractivity contribution in [1.29, 1.82) is 0 Å². The van der Waals surface area contributed by atoms with Gasteiger partial charge in [0.1, 0.15) is 16.5 Å². The van der Waals surface area contributed by atoms with Gasteiger partial charge >= 0.3 is 0 Å². The maximum absolute atomic E-state index is 9.71. The second kappa shape index (κ2) is 4.29. The Kier molecular flexibility index (Phi) is 3.03. The molecule has 0 radical (unpaired) electrons. The van der Waals surface area contributed by atoms with Crippen molar-refractivity contribution in [2.45, 2.75) is 19.0 Å². The lowest BCUT2D eigenvalue weighted by Gasteiger charge is -2.22. The summed E-state index contributed by atoms with van der Waals surface area (Å²) < 4.78 is 0. The van der Waals surface area contributed by atoms with Crippen LogP contribution in [0.1, 0.15) is 12.8 Å². The Morgan fingerprint density at radius 2 is 2.27 bits per heavy atom. The van der Waals surface area contributed by atoms with Gasteiger partial charge < -0.3 is 10.4 Å². The van der Waals surface area contributed by atoms with Gasteiger partial charge in [-0.3, -0.25) is 0 Å². The van der Waals surface area contributed by atoms with Crippen molar-refractivity contribution in [2.24, 2.45) is 4.99 Å². The molecule has 0 bridgehead atoms. The molecule has 0 amide bonds. The lowest BCUT2D eigenvalue weighted by atomic mass is 10.0. The molecule has 2 aliphatic rings. The zero-order valence-corrected chi connectivity index (χ0v) is 9.39. The van der Waals surface area contributed by atoms with Crippen molar-refractivity contribution in [3.8, 4) is 0 Å². The van der Waals surface area contributed by atoms with E-state index in [1.807, 2.05) is 12.2 Å². The van der Waals surface area contributed by atoms with Crippen LogP contribution in [0.15, 0.2) is 39.7 Å². The van der Waals surface area contributed by atoms with Gasteiger partial charge in [0.2, 0.25) is 0 Å². The van der Waals surface area contributed by atoms with Gasteiger partial charge in [-0.05, 0) is 6.42 Å². The molecular formula is C10H10Cl2N2O. The monoisotopic (exact) mass is 244 g/mol. The molecule has 0 saturated carbocycles. The van der Waals surface area contributed by atoms with E-state index in [4.69, 9.17) is 23.2 Å². The summed E-state index contributed by atoms with van der Waals surface area (Å²) in [7, 11) is 0. The van der Waals surface area contributed by atoms with Crippen LogP contribution < -0.4 is 5.32 Å². The molecule has 15 heavy (non-hydrogen) atoms. The average molecular weight is 245 g/mol. The molecule has 1 aliphatic carbocycles. The molecule has 1 heterocycles. The van der Waals surface area contributed by atoms with E-state index in [0.29, 0.717) is 22.5 Å². The Labute approximate surface area is 97.8 Å². The van der Waals surface area contributed by atoms with Gasteiger partial charge in [0.15, 0.2) is 0 Å². The van der Waals surface area contributed by atoms with Crippen LogP contribution in [0.5, 0.6) is 0 Å². The molecule has 2 rings (SSSR count). The molecule has 2 N–H and O–H groups in total. The van der Waals surface area contributed by atoms with Crippen molar-refractivity contribution >= 4 is 28.4 Å². The maximum atomic E-state index is 9.71. The van der Waals surface area contributed by atoms with Gasteiger partial charge in [-0.2, -0.15) is 0 Å². The Morgan fingerprint density at radius 1 is 1.47 bits per heavy atom. The van der Waals surface area contributed by atoms with Crippen LogP contribution in [0.4, 0.5) is 0 Å². The lowest BCUT2D eigenvalue weighted by molar-refractivity contribution is 0.374. The quantitative estimate of drug-likeness (QED) is 0.697. The summed E-state index contributed by atoms with van der Waals surface area (Å²) in [5, 5.41) is 13.4. The third kappa shape index (κ3) is 2.36. The highest BCUT2D eigenvalue weighted by atomic mass is 35.5. The zero-order valence-electron chi connectivity index (χ0n) is 7.87. The van der Waals surface area contributed by atoms with E-state index in [2.05, 4.69) is 10.3 Å². The number of aliphatic hydroxyl groups is 1. The first kappa shape index (κ1) is 10.6. The molecule has 0 aromatic heterocycles. The van der Waals surface area contributed by atoms with E-state index >= 15 is 0 Å². The molecule has 1 aliphatic heterocycles. The summed E-state index contributed by atoms with van der Waals surface area (Å²) in [4.78, 5) is 4.15. The minimum atomic E-state index is -0.383. The number of hydrogen-bond donors (Lipinski definition) is 2. The number of nitrogens with zero attached hydrogens (tertiary/aromatic N) is 1. The minimum absolute atomic E-state index is 0.336. The van der Waals surface area contributed by atoms with E-state index < -0.39 is 0 Å². The zero-order chi connectivity index (χ0) is 10.8. The van der Waals surface area contributed by atoms with Gasteiger partial charge in [-0.1, -0.05) is 35.4 Å². The number of nitrogens with one attached hydrogen (secondary N) is 1. The first-order valence-electron chi connectivity index (χ1n) is 4.62. The fourth-order valence-electron chi connectivity index (χ4n) is 1.54. The van der Waals surface area contributed by atoms with Crippen LogP contribution in [0.3, 0.4) is 0 Å². The van der Waals surface area contributed by atoms with E-state index in [1.54, 1.807) is 0 Å². The summed E-state index contributed by atoms with van der Waals surface area (Å²) in [5.74, 6) is 0.342. The van der Waals surface area contributed by atoms with Gasteiger partial charge in [0, 0.05) is 18.1 Å². The molecule has 0 spiro atoms. The predicted octanol–water partition coefficient (Wildman–Crippen LogP) is 2.80. The summed E-state index contributed by atoms with van der Waals surface area (Å²) in [6.45, 7) is 0. The SMILES string of the molecule is OC1=C(C2N=C(Cl)C=C(Cl)N2)C=CCC1.